The fraction of sp³-hybridized carbons (Fsp3) is 0.812. The van der Waals surface area contributed by atoms with E-state index in [1.807, 2.05) is 11.9 Å². The Kier molecular flexibility index (Phi) is 4.93. The Bertz CT molecular complexity index is 514. The fourth-order valence-corrected chi connectivity index (χ4v) is 3.47. The van der Waals surface area contributed by atoms with Gasteiger partial charge in [-0.05, 0) is 19.9 Å². The highest BCUT2D eigenvalue weighted by Crippen LogP contribution is 2.23. The van der Waals surface area contributed by atoms with Crippen LogP contribution in [-0.2, 0) is 9.59 Å². The summed E-state index contributed by atoms with van der Waals surface area (Å²) >= 11 is 0. The average Bonchev–Trinajstić information content (AvgIpc) is 2.84. The summed E-state index contributed by atoms with van der Waals surface area (Å²) in [4.78, 5) is 43.6. The van der Waals surface area contributed by atoms with Crippen LogP contribution in [0.15, 0.2) is 0 Å². The molecule has 0 aromatic rings. The van der Waals surface area contributed by atoms with Crippen LogP contribution in [0.5, 0.6) is 0 Å². The third-order valence-electron chi connectivity index (χ3n) is 5.43. The lowest BCUT2D eigenvalue weighted by Crippen LogP contribution is -2.56. The van der Waals surface area contributed by atoms with Crippen LogP contribution in [0, 0.1) is 0 Å². The van der Waals surface area contributed by atoms with Gasteiger partial charge in [0.05, 0.1) is 13.1 Å². The molecule has 1 atom stereocenters. The quantitative estimate of drug-likeness (QED) is 0.726. The Morgan fingerprint density at radius 2 is 1.79 bits per heavy atom. The number of carbonyl (C=O) groups excluding carboxylic acids is 3. The van der Waals surface area contributed by atoms with E-state index in [4.69, 9.17) is 0 Å². The van der Waals surface area contributed by atoms with Crippen molar-refractivity contribution in [1.29, 1.82) is 0 Å². The zero-order valence-corrected chi connectivity index (χ0v) is 14.5. The lowest BCUT2D eigenvalue weighted by molar-refractivity contribution is -0.141. The van der Waals surface area contributed by atoms with E-state index in [0.717, 1.165) is 0 Å². The van der Waals surface area contributed by atoms with Crippen molar-refractivity contribution in [3.05, 3.63) is 0 Å². The van der Waals surface area contributed by atoms with Crippen LogP contribution in [-0.4, -0.2) is 103 Å². The summed E-state index contributed by atoms with van der Waals surface area (Å²) in [6, 6.07) is -0.115. The van der Waals surface area contributed by atoms with Crippen molar-refractivity contribution in [2.75, 3.05) is 53.4 Å². The third kappa shape index (κ3) is 3.48. The Balaban J connectivity index is 1.44. The van der Waals surface area contributed by atoms with Gasteiger partial charge in [-0.1, -0.05) is 6.42 Å². The molecule has 0 aromatic carbocycles. The number of hydrogen-bond acceptors (Lipinski definition) is 4. The Morgan fingerprint density at radius 1 is 1.17 bits per heavy atom. The molecule has 0 bridgehead atoms. The molecule has 2 aliphatic heterocycles. The van der Waals surface area contributed by atoms with Crippen LogP contribution in [0.3, 0.4) is 0 Å². The van der Waals surface area contributed by atoms with Crippen LogP contribution in [0.2, 0.25) is 0 Å². The molecule has 3 fully saturated rings. The highest BCUT2D eigenvalue weighted by molar-refractivity contribution is 5.90. The van der Waals surface area contributed by atoms with Crippen molar-refractivity contribution in [2.45, 2.75) is 31.3 Å². The third-order valence-corrected chi connectivity index (χ3v) is 5.43. The minimum Gasteiger partial charge on any atom is -0.338 e. The van der Waals surface area contributed by atoms with Gasteiger partial charge in [-0.3, -0.25) is 14.5 Å². The molecule has 2 saturated heterocycles. The second kappa shape index (κ2) is 6.96. The van der Waals surface area contributed by atoms with E-state index in [1.165, 1.54) is 24.2 Å². The van der Waals surface area contributed by atoms with E-state index < -0.39 is 6.04 Å². The zero-order valence-electron chi connectivity index (χ0n) is 14.5. The predicted molar refractivity (Wildman–Crippen MR) is 88.4 cm³/mol. The summed E-state index contributed by atoms with van der Waals surface area (Å²) < 4.78 is 0. The number of nitrogens with zero attached hydrogens (tertiary/aromatic N) is 4. The van der Waals surface area contributed by atoms with Crippen molar-refractivity contribution >= 4 is 17.8 Å². The average molecular weight is 337 g/mol. The molecule has 8 heteroatoms. The molecule has 0 aromatic heterocycles. The van der Waals surface area contributed by atoms with E-state index in [2.05, 4.69) is 10.2 Å². The molecular formula is C16H27N5O3. The minimum absolute atomic E-state index is 0.0496. The van der Waals surface area contributed by atoms with E-state index in [9.17, 15) is 14.4 Å². The van der Waals surface area contributed by atoms with Crippen LogP contribution in [0.1, 0.15) is 19.3 Å². The SMILES string of the molecule is CN1CC(C(=O)N2CCN(C(=O)CN(C)C3CCC3)CC2)NC1=O. The monoisotopic (exact) mass is 337 g/mol. The molecule has 24 heavy (non-hydrogen) atoms. The number of amides is 4. The summed E-state index contributed by atoms with van der Waals surface area (Å²) in [6.45, 7) is 3.08. The number of nitrogens with one attached hydrogen (secondary N) is 1. The number of carbonyl (C=O) groups is 3. The van der Waals surface area contributed by atoms with Gasteiger partial charge in [-0.15, -0.1) is 0 Å². The molecule has 1 saturated carbocycles. The lowest BCUT2D eigenvalue weighted by atomic mass is 9.92. The van der Waals surface area contributed by atoms with Crippen molar-refractivity contribution in [2.24, 2.45) is 0 Å². The largest absolute Gasteiger partial charge is 0.338 e. The highest BCUT2D eigenvalue weighted by Gasteiger charge is 2.35. The summed E-state index contributed by atoms with van der Waals surface area (Å²) in [5.41, 5.74) is 0. The van der Waals surface area contributed by atoms with E-state index in [1.54, 1.807) is 11.9 Å². The van der Waals surface area contributed by atoms with Crippen LogP contribution < -0.4 is 5.32 Å². The minimum atomic E-state index is -0.463. The molecular weight excluding hydrogens is 310 g/mol. The summed E-state index contributed by atoms with van der Waals surface area (Å²) in [6.07, 6.45) is 3.64. The number of urea groups is 1. The predicted octanol–water partition coefficient (Wildman–Crippen LogP) is -0.835. The number of likely N-dealkylation sites (N-methyl/N-ethyl adjacent to an activating group) is 2. The van der Waals surface area contributed by atoms with Crippen molar-refractivity contribution in [3.8, 4) is 0 Å². The Labute approximate surface area is 142 Å². The molecule has 1 unspecified atom stereocenters. The van der Waals surface area contributed by atoms with Gasteiger partial charge in [0, 0.05) is 39.3 Å². The topological polar surface area (TPSA) is 76.2 Å². The second-order valence-electron chi connectivity index (χ2n) is 7.09. The molecule has 3 rings (SSSR count). The van der Waals surface area contributed by atoms with E-state index in [0.29, 0.717) is 45.3 Å². The summed E-state index contributed by atoms with van der Waals surface area (Å²) in [7, 11) is 3.69. The first kappa shape index (κ1) is 17.0. The number of rotatable bonds is 4. The molecule has 134 valence electrons. The van der Waals surface area contributed by atoms with Crippen molar-refractivity contribution in [3.63, 3.8) is 0 Å². The molecule has 1 N–H and O–H groups in total. The summed E-state index contributed by atoms with van der Waals surface area (Å²) in [5.74, 6) is 0.0942. The molecule has 8 nitrogen and oxygen atoms in total. The Hall–Kier alpha value is -1.83. The van der Waals surface area contributed by atoms with Gasteiger partial charge >= 0.3 is 6.03 Å². The maximum atomic E-state index is 12.5. The highest BCUT2D eigenvalue weighted by atomic mass is 16.2. The maximum Gasteiger partial charge on any atom is 0.317 e. The molecule has 2 heterocycles. The number of hydrogen-bond donors (Lipinski definition) is 1. The first-order chi connectivity index (χ1) is 11.5. The fourth-order valence-electron chi connectivity index (χ4n) is 3.47. The normalized spacial score (nSPS) is 25.0. The van der Waals surface area contributed by atoms with Crippen LogP contribution in [0.25, 0.3) is 0 Å². The molecule has 3 aliphatic rings. The van der Waals surface area contributed by atoms with Gasteiger partial charge in [-0.25, -0.2) is 4.79 Å². The van der Waals surface area contributed by atoms with Crippen LogP contribution >= 0.6 is 0 Å². The smallest absolute Gasteiger partial charge is 0.317 e. The molecule has 4 amide bonds. The summed E-state index contributed by atoms with van der Waals surface area (Å²) in [5, 5.41) is 2.69. The van der Waals surface area contributed by atoms with Crippen molar-refractivity contribution in [1.82, 2.24) is 24.9 Å². The maximum absolute atomic E-state index is 12.5. The van der Waals surface area contributed by atoms with Gasteiger partial charge < -0.3 is 20.0 Å². The standard InChI is InChI=1S/C16H27N5O3/c1-18(12-4-3-5-12)11-14(22)20-6-8-21(9-7-20)15(23)13-10-19(2)16(24)17-13/h12-13H,3-11H2,1-2H3,(H,17,24). The molecule has 1 aliphatic carbocycles. The van der Waals surface area contributed by atoms with Gasteiger partial charge in [0.1, 0.15) is 6.04 Å². The van der Waals surface area contributed by atoms with Gasteiger partial charge in [0.25, 0.3) is 0 Å². The van der Waals surface area contributed by atoms with Gasteiger partial charge in [0.2, 0.25) is 11.8 Å². The van der Waals surface area contributed by atoms with Gasteiger partial charge in [-0.2, -0.15) is 0 Å². The van der Waals surface area contributed by atoms with Crippen LogP contribution in [0.4, 0.5) is 4.79 Å². The Morgan fingerprint density at radius 3 is 2.29 bits per heavy atom. The first-order valence-electron chi connectivity index (χ1n) is 8.74. The van der Waals surface area contributed by atoms with Gasteiger partial charge in [0.15, 0.2) is 0 Å². The lowest BCUT2D eigenvalue weighted by Gasteiger charge is -2.38. The van der Waals surface area contributed by atoms with E-state index in [-0.39, 0.29) is 17.8 Å². The molecule has 0 spiro atoms. The second-order valence-corrected chi connectivity index (χ2v) is 7.09. The first-order valence-corrected chi connectivity index (χ1v) is 8.74. The number of piperazine rings is 1. The van der Waals surface area contributed by atoms with Crippen molar-refractivity contribution < 1.29 is 14.4 Å². The van der Waals surface area contributed by atoms with E-state index >= 15 is 0 Å². The molecule has 0 radical (unpaired) electrons. The zero-order chi connectivity index (χ0) is 17.3.